The van der Waals surface area contributed by atoms with Gasteiger partial charge in [-0.3, -0.25) is 9.78 Å². The number of aromatic nitrogens is 2. The molecular formula is C17H21N3O2. The van der Waals surface area contributed by atoms with Crippen LogP contribution in [0.25, 0.3) is 0 Å². The molecular weight excluding hydrogens is 278 g/mol. The number of nitrogens with one attached hydrogen (secondary N) is 2. The van der Waals surface area contributed by atoms with E-state index in [0.717, 1.165) is 30.5 Å². The Bertz CT molecular complexity index is 632. The Morgan fingerprint density at radius 2 is 2.14 bits per heavy atom. The van der Waals surface area contributed by atoms with Crippen LogP contribution in [0.15, 0.2) is 36.8 Å². The lowest BCUT2D eigenvalue weighted by Crippen LogP contribution is -2.48. The van der Waals surface area contributed by atoms with Crippen molar-refractivity contribution in [2.24, 2.45) is 5.92 Å². The molecule has 0 spiro atoms. The molecule has 116 valence electrons. The lowest BCUT2D eigenvalue weighted by Gasteiger charge is -2.38. The van der Waals surface area contributed by atoms with Crippen LogP contribution in [-0.2, 0) is 6.42 Å². The minimum absolute atomic E-state index is 0.0348. The summed E-state index contributed by atoms with van der Waals surface area (Å²) >= 11 is 0. The molecule has 1 aliphatic carbocycles. The molecule has 5 heteroatoms. The molecule has 2 heterocycles. The van der Waals surface area contributed by atoms with Gasteiger partial charge in [0.1, 0.15) is 0 Å². The lowest BCUT2D eigenvalue weighted by atomic mass is 9.75. The van der Waals surface area contributed by atoms with Gasteiger partial charge in [-0.05, 0) is 55.9 Å². The predicted molar refractivity (Wildman–Crippen MR) is 83.5 cm³/mol. The second-order valence-corrected chi connectivity index (χ2v) is 6.04. The normalized spacial score (nSPS) is 21.9. The van der Waals surface area contributed by atoms with Crippen LogP contribution < -0.4 is 5.32 Å². The molecule has 1 aliphatic rings. The largest absolute Gasteiger partial charge is 0.393 e. The van der Waals surface area contributed by atoms with E-state index in [1.807, 2.05) is 19.1 Å². The number of amides is 1. The van der Waals surface area contributed by atoms with Gasteiger partial charge in [-0.15, -0.1) is 0 Å². The van der Waals surface area contributed by atoms with E-state index in [4.69, 9.17) is 0 Å². The van der Waals surface area contributed by atoms with E-state index in [1.54, 1.807) is 24.7 Å². The first-order chi connectivity index (χ1) is 10.6. The highest BCUT2D eigenvalue weighted by atomic mass is 16.3. The van der Waals surface area contributed by atoms with Gasteiger partial charge in [-0.25, -0.2) is 0 Å². The van der Waals surface area contributed by atoms with Crippen LogP contribution in [0.4, 0.5) is 0 Å². The Morgan fingerprint density at radius 3 is 2.73 bits per heavy atom. The molecule has 2 aromatic heterocycles. The van der Waals surface area contributed by atoms with Crippen molar-refractivity contribution in [3.8, 4) is 0 Å². The maximum Gasteiger partial charge on any atom is 0.253 e. The summed E-state index contributed by atoms with van der Waals surface area (Å²) in [6.07, 6.45) is 7.34. The van der Waals surface area contributed by atoms with E-state index >= 15 is 0 Å². The van der Waals surface area contributed by atoms with Crippen LogP contribution >= 0.6 is 0 Å². The molecule has 1 fully saturated rings. The van der Waals surface area contributed by atoms with Crippen LogP contribution in [0.3, 0.4) is 0 Å². The number of aliphatic hydroxyl groups excluding tert-OH is 1. The Kier molecular flexibility index (Phi) is 4.24. The summed E-state index contributed by atoms with van der Waals surface area (Å²) in [6, 6.07) is 5.77. The third kappa shape index (κ3) is 3.20. The number of carbonyl (C=O) groups is 1. The molecule has 22 heavy (non-hydrogen) atoms. The number of hydrogen-bond acceptors (Lipinski definition) is 3. The van der Waals surface area contributed by atoms with Gasteiger partial charge < -0.3 is 15.4 Å². The van der Waals surface area contributed by atoms with E-state index in [9.17, 15) is 9.90 Å². The number of nitrogens with zero attached hydrogens (tertiary/aromatic N) is 1. The van der Waals surface area contributed by atoms with Crippen molar-refractivity contribution < 1.29 is 9.90 Å². The number of carbonyl (C=O) groups excluding carboxylic acids is 1. The number of rotatable bonds is 5. The van der Waals surface area contributed by atoms with Crippen molar-refractivity contribution in [3.63, 3.8) is 0 Å². The molecule has 0 aromatic carbocycles. The number of pyridine rings is 1. The van der Waals surface area contributed by atoms with Gasteiger partial charge in [0.25, 0.3) is 5.91 Å². The van der Waals surface area contributed by atoms with Crippen molar-refractivity contribution in [2.45, 2.75) is 38.3 Å². The van der Waals surface area contributed by atoms with Crippen molar-refractivity contribution in [1.29, 1.82) is 0 Å². The SMILES string of the molecule is Cc1[nH]ccc1C(=O)N[C@H](Cc1ccncc1)C1CC(O)C1. The zero-order valence-corrected chi connectivity index (χ0v) is 12.6. The zero-order chi connectivity index (χ0) is 15.5. The van der Waals surface area contributed by atoms with Gasteiger partial charge in [0.15, 0.2) is 0 Å². The fourth-order valence-electron chi connectivity index (χ4n) is 3.01. The molecule has 0 unspecified atom stereocenters. The Hall–Kier alpha value is -2.14. The molecule has 0 aliphatic heterocycles. The Balaban J connectivity index is 1.71. The van der Waals surface area contributed by atoms with Crippen LogP contribution in [0.5, 0.6) is 0 Å². The summed E-state index contributed by atoms with van der Waals surface area (Å²) in [7, 11) is 0. The second-order valence-electron chi connectivity index (χ2n) is 6.04. The van der Waals surface area contributed by atoms with Gasteiger partial charge in [-0.1, -0.05) is 0 Å². The average molecular weight is 299 g/mol. The van der Waals surface area contributed by atoms with Crippen LogP contribution in [0, 0.1) is 12.8 Å². The second kappa shape index (κ2) is 6.32. The third-order valence-corrected chi connectivity index (χ3v) is 4.44. The molecule has 1 atom stereocenters. The molecule has 1 saturated carbocycles. The first kappa shape index (κ1) is 14.8. The standard InChI is InChI=1S/C17H21N3O2/c1-11-15(4-7-19-11)17(22)20-16(13-9-14(21)10-13)8-12-2-5-18-6-3-12/h2-7,13-14,16,19,21H,8-10H2,1H3,(H,20,22)/t13?,14?,16-/m1/s1. The van der Waals surface area contributed by atoms with Gasteiger partial charge in [0, 0.05) is 30.3 Å². The van der Waals surface area contributed by atoms with E-state index in [0.29, 0.717) is 11.5 Å². The summed E-state index contributed by atoms with van der Waals surface area (Å²) in [5.74, 6) is 0.269. The van der Waals surface area contributed by atoms with Gasteiger partial charge in [-0.2, -0.15) is 0 Å². The third-order valence-electron chi connectivity index (χ3n) is 4.44. The highest BCUT2D eigenvalue weighted by Crippen LogP contribution is 2.32. The zero-order valence-electron chi connectivity index (χ0n) is 12.6. The maximum absolute atomic E-state index is 12.4. The average Bonchev–Trinajstić information content (AvgIpc) is 2.91. The van der Waals surface area contributed by atoms with Crippen LogP contribution in [0.2, 0.25) is 0 Å². The maximum atomic E-state index is 12.4. The van der Waals surface area contributed by atoms with E-state index in [-0.39, 0.29) is 18.1 Å². The lowest BCUT2D eigenvalue weighted by molar-refractivity contribution is 0.0239. The monoisotopic (exact) mass is 299 g/mol. The van der Waals surface area contributed by atoms with Crippen LogP contribution in [-0.4, -0.2) is 33.1 Å². The molecule has 1 amide bonds. The summed E-state index contributed by atoms with van der Waals surface area (Å²) in [6.45, 7) is 1.89. The summed E-state index contributed by atoms with van der Waals surface area (Å²) in [4.78, 5) is 19.5. The summed E-state index contributed by atoms with van der Waals surface area (Å²) < 4.78 is 0. The van der Waals surface area contributed by atoms with E-state index < -0.39 is 0 Å². The summed E-state index contributed by atoms with van der Waals surface area (Å²) in [5, 5.41) is 12.7. The molecule has 0 bridgehead atoms. The van der Waals surface area contributed by atoms with Crippen molar-refractivity contribution in [1.82, 2.24) is 15.3 Å². The van der Waals surface area contributed by atoms with Gasteiger partial charge in [0.05, 0.1) is 11.7 Å². The Labute approximate surface area is 129 Å². The van der Waals surface area contributed by atoms with E-state index in [2.05, 4.69) is 15.3 Å². The fraction of sp³-hybridized carbons (Fsp3) is 0.412. The molecule has 0 radical (unpaired) electrons. The van der Waals surface area contributed by atoms with Crippen LogP contribution in [0.1, 0.15) is 34.5 Å². The highest BCUT2D eigenvalue weighted by molar-refractivity contribution is 5.95. The quantitative estimate of drug-likeness (QED) is 0.788. The minimum Gasteiger partial charge on any atom is -0.393 e. The highest BCUT2D eigenvalue weighted by Gasteiger charge is 2.35. The predicted octanol–water partition coefficient (Wildman–Crippen LogP) is 1.83. The first-order valence-electron chi connectivity index (χ1n) is 7.65. The molecule has 3 rings (SSSR count). The van der Waals surface area contributed by atoms with Crippen molar-refractivity contribution in [3.05, 3.63) is 53.6 Å². The number of aliphatic hydroxyl groups is 1. The fourth-order valence-corrected chi connectivity index (χ4v) is 3.01. The first-order valence-corrected chi connectivity index (χ1v) is 7.65. The van der Waals surface area contributed by atoms with Crippen molar-refractivity contribution >= 4 is 5.91 Å². The molecule has 0 saturated heterocycles. The van der Waals surface area contributed by atoms with Crippen molar-refractivity contribution in [2.75, 3.05) is 0 Å². The number of aromatic amines is 1. The molecule has 5 nitrogen and oxygen atoms in total. The minimum atomic E-state index is -0.226. The van der Waals surface area contributed by atoms with Gasteiger partial charge >= 0.3 is 0 Å². The molecule has 2 aromatic rings. The number of H-pyrrole nitrogens is 1. The topological polar surface area (TPSA) is 78.0 Å². The van der Waals surface area contributed by atoms with E-state index in [1.165, 1.54) is 0 Å². The number of hydrogen-bond donors (Lipinski definition) is 3. The smallest absolute Gasteiger partial charge is 0.253 e. The summed E-state index contributed by atoms with van der Waals surface area (Å²) in [5.41, 5.74) is 2.70. The van der Waals surface area contributed by atoms with Gasteiger partial charge in [0.2, 0.25) is 0 Å². The Morgan fingerprint density at radius 1 is 1.41 bits per heavy atom. The number of aryl methyl sites for hydroxylation is 1. The molecule has 3 N–H and O–H groups in total.